The quantitative estimate of drug-likeness (QED) is 0.0134. The lowest BCUT2D eigenvalue weighted by Gasteiger charge is -2.21. The van der Waals surface area contributed by atoms with Crippen LogP contribution in [-0.4, -0.2) is 173 Å². The second kappa shape index (κ2) is 45.1. The standard InChI is InChI=1S/C19H16N4O4S.C19H18N2O3S2.C17H13N3O6S2.C16H12F2N4O4S2.C13H9N3O3S2/c1-11(2)27-17(25)8-15(24)13-4-6-28-19(13)22-18(26)14-10-23-5-3-12(9-20)7-16(23)21-14;22-16(18-20-14-8-4-5-9-15(14)26-18)21-17-13(10-11-25-17)19(23)24-12-6-2-1-3-7-12;1-25-14(23)8-26-13(22)6-11(21)9-3-5-27-16(9)20-15(24)17-19-10-7-18-4-2-12(10)28-17;1-16(17,18)7-26-15(25)22-11(23)8-4-6-27-13(8)21-12(24)14-20-10-9(28-14)3-2-5-19-10;1-19-13(18)7-3-5-20-11(7)16-10(17)12-15-8-6-14-4-2-9(8)21-12/h3-7,10-11H,8H2,1-2H3,(H,22,26);4-5,8-12H,1-3,6-7H2,(H,21,22);2-5,7H,6,8H2,1H3,(H,20,24);2-6H,7H2,1H3,(H,21,24)(H,22,23,25);2-6H,1H3,(H,16,17). The lowest BCUT2D eigenvalue weighted by atomic mass is 9.98. The molecule has 1 aliphatic rings. The van der Waals surface area contributed by atoms with Crippen LogP contribution in [0, 0.1) is 11.3 Å². The predicted molar refractivity (Wildman–Crippen MR) is 488 cm³/mol. The number of nitrogens with zero attached hydrogens (tertiary/aromatic N) is 10. The Morgan fingerprint density at radius 2 is 0.992 bits per heavy atom. The monoisotopic (exact) mass is 1950 g/mol. The number of imidazole rings is 1. The number of imide groups is 1. The number of aromatic nitrogens is 9. The number of hydrogen-bond donors (Lipinski definition) is 6. The van der Waals surface area contributed by atoms with Gasteiger partial charge in [-0.1, -0.05) is 18.6 Å². The number of ketones is 2. The number of amides is 7. The summed E-state index contributed by atoms with van der Waals surface area (Å²) in [5, 5.41) is 35.3. The Labute approximate surface area is 774 Å². The number of pyridine rings is 4. The molecule has 1 aliphatic carbocycles. The van der Waals surface area contributed by atoms with Gasteiger partial charge in [-0.2, -0.15) is 5.26 Å². The number of benzene rings is 1. The van der Waals surface area contributed by atoms with Crippen LogP contribution in [0.15, 0.2) is 161 Å². The molecule has 0 atom stereocenters. The largest absolute Gasteiger partial charge is 0.466 e. The molecule has 0 spiro atoms. The van der Waals surface area contributed by atoms with E-state index in [1.807, 2.05) is 35.7 Å². The number of para-hydroxylation sites is 1. The first-order valence-electron chi connectivity index (χ1n) is 38.4. The molecule has 47 heteroatoms. The zero-order valence-electron chi connectivity index (χ0n) is 68.7. The van der Waals surface area contributed by atoms with Gasteiger partial charge in [0, 0.05) is 37.9 Å². The minimum atomic E-state index is -3.21. The number of hydrogen-bond acceptors (Lipinski definition) is 38. The van der Waals surface area contributed by atoms with E-state index in [-0.39, 0.29) is 67.4 Å². The van der Waals surface area contributed by atoms with Crippen molar-refractivity contribution < 1.29 is 104 Å². The van der Waals surface area contributed by atoms with E-state index in [2.05, 4.69) is 85.4 Å². The summed E-state index contributed by atoms with van der Waals surface area (Å²) in [6.07, 6.45) is 13.8. The third kappa shape index (κ3) is 26.5. The fraction of sp³-hybridized carbons (Fsp3) is 0.202. The van der Waals surface area contributed by atoms with Crippen LogP contribution in [0.4, 0.5) is 38.6 Å². The van der Waals surface area contributed by atoms with E-state index in [1.54, 1.807) is 132 Å². The molecule has 0 saturated heterocycles. The number of rotatable bonds is 25. The highest BCUT2D eigenvalue weighted by Crippen LogP contribution is 2.34. The van der Waals surface area contributed by atoms with E-state index in [1.165, 1.54) is 105 Å². The van der Waals surface area contributed by atoms with E-state index in [9.17, 15) is 75.9 Å². The Morgan fingerprint density at radius 3 is 1.51 bits per heavy atom. The second-order valence-electron chi connectivity index (χ2n) is 27.3. The van der Waals surface area contributed by atoms with Crippen molar-refractivity contribution in [3.8, 4) is 6.07 Å². The highest BCUT2D eigenvalue weighted by Gasteiger charge is 2.30. The van der Waals surface area contributed by atoms with Gasteiger partial charge in [-0.05, 0) is 145 Å². The van der Waals surface area contributed by atoms with Crippen molar-refractivity contribution >= 4 is 257 Å². The lowest BCUT2D eigenvalue weighted by Crippen LogP contribution is -2.34. The van der Waals surface area contributed by atoms with Crippen LogP contribution >= 0.6 is 102 Å². The van der Waals surface area contributed by atoms with Crippen LogP contribution in [0.2, 0.25) is 0 Å². The molecular formula is C84H68F2N16O20S9. The molecule has 6 N–H and O–H groups in total. The number of ether oxygens (including phenoxy) is 6. The van der Waals surface area contributed by atoms with Crippen LogP contribution in [0.1, 0.15) is 173 Å². The summed E-state index contributed by atoms with van der Waals surface area (Å²) in [6, 6.07) is 27.6. The fourth-order valence-electron chi connectivity index (χ4n) is 11.4. The van der Waals surface area contributed by atoms with Gasteiger partial charge in [0.2, 0.25) is 0 Å². The second-order valence-corrected chi connectivity index (χ2v) is 36.0. The molecule has 131 heavy (non-hydrogen) atoms. The number of halogens is 2. The van der Waals surface area contributed by atoms with Crippen molar-refractivity contribution in [3.05, 3.63) is 220 Å². The summed E-state index contributed by atoms with van der Waals surface area (Å²) >= 11 is 10.9. The number of alkyl carbamates (subject to hydrolysis) is 1. The number of methoxy groups -OCH3 is 2. The highest BCUT2D eigenvalue weighted by molar-refractivity contribution is 7.22. The molecule has 15 aromatic rings. The van der Waals surface area contributed by atoms with Gasteiger partial charge in [0.25, 0.3) is 41.4 Å². The SMILES string of the molecule is CC(C)OC(=O)CC(=O)c1ccsc1NC(=O)c1cn2ccc(C#N)cc2n1.CC(F)(F)COC(=O)NC(=O)c1ccsc1NC(=O)c1nc2ncccc2s1.COC(=O)COC(=O)CC(=O)c1ccsc1NC(=O)c1nc2cnccc2s1.COC(=O)c1ccsc1NC(=O)c1nc2cnccc2s1.O=C(Nc1sccc1C(=O)OC1CCCCC1)c1nc2ccccc2s1. The third-order valence-electron chi connectivity index (χ3n) is 17.4. The van der Waals surface area contributed by atoms with Gasteiger partial charge in [0.1, 0.15) is 66.3 Å². The molecule has 0 bridgehead atoms. The van der Waals surface area contributed by atoms with Crippen LogP contribution in [0.3, 0.4) is 0 Å². The molecule has 14 heterocycles. The maximum absolute atomic E-state index is 12.7. The first-order chi connectivity index (χ1) is 63.0. The maximum Gasteiger partial charge on any atom is 0.414 e. The molecule has 16 rings (SSSR count). The van der Waals surface area contributed by atoms with E-state index in [0.29, 0.717) is 76.0 Å². The van der Waals surface area contributed by atoms with Crippen LogP contribution in [0.25, 0.3) is 46.6 Å². The van der Waals surface area contributed by atoms with Crippen LogP contribution < -0.4 is 31.9 Å². The number of carbonyl (C=O) groups is 14. The fourth-order valence-corrected chi connectivity index (χ4v) is 18.7. The van der Waals surface area contributed by atoms with E-state index >= 15 is 0 Å². The minimum Gasteiger partial charge on any atom is -0.466 e. The number of anilines is 5. The van der Waals surface area contributed by atoms with Gasteiger partial charge < -0.3 is 59.4 Å². The topological polar surface area (TPSA) is 498 Å². The smallest absolute Gasteiger partial charge is 0.414 e. The molecular weight excluding hydrogens is 1880 g/mol. The van der Waals surface area contributed by atoms with Crippen molar-refractivity contribution in [3.63, 3.8) is 0 Å². The molecule has 672 valence electrons. The number of thiophene rings is 5. The maximum atomic E-state index is 12.7. The average Bonchev–Trinajstić information content (AvgIpc) is 1.73. The zero-order chi connectivity index (χ0) is 93.4. The lowest BCUT2D eigenvalue weighted by molar-refractivity contribution is -0.156. The Balaban J connectivity index is 0.000000148. The number of nitriles is 1. The summed E-state index contributed by atoms with van der Waals surface area (Å²) in [4.78, 5) is 202. The Hall–Kier alpha value is -14.3. The van der Waals surface area contributed by atoms with Crippen molar-refractivity contribution in [2.75, 3.05) is 54.0 Å². The van der Waals surface area contributed by atoms with Gasteiger partial charge in [-0.25, -0.2) is 57.9 Å². The molecule has 7 amide bonds. The summed E-state index contributed by atoms with van der Waals surface area (Å²) in [5.41, 5.74) is 4.69. The van der Waals surface area contributed by atoms with Crippen molar-refractivity contribution in [2.24, 2.45) is 0 Å². The molecule has 1 saturated carbocycles. The first-order valence-corrected chi connectivity index (χ1v) is 46.1. The Bertz CT molecular complexity index is 6710. The molecule has 36 nitrogen and oxygen atoms in total. The van der Waals surface area contributed by atoms with E-state index in [4.69, 9.17) is 14.7 Å². The van der Waals surface area contributed by atoms with Crippen LogP contribution in [-0.2, 0) is 42.8 Å². The number of thiazole rings is 4. The minimum absolute atomic E-state index is 0.0102. The van der Waals surface area contributed by atoms with Crippen molar-refractivity contribution in [1.82, 2.24) is 49.6 Å². The first kappa shape index (κ1) is 95.8. The zero-order valence-corrected chi connectivity index (χ0v) is 76.0. The molecule has 1 aromatic carbocycles. The summed E-state index contributed by atoms with van der Waals surface area (Å²) in [5.74, 6) is -10.3. The Morgan fingerprint density at radius 1 is 0.511 bits per heavy atom. The molecule has 0 radical (unpaired) electrons. The average molecular weight is 1950 g/mol. The summed E-state index contributed by atoms with van der Waals surface area (Å²) in [6.45, 7) is 2.25. The number of Topliss-reactive ketones (excluding diaryl/α,β-unsaturated/α-hetero) is 2. The third-order valence-corrected chi connectivity index (χ3v) is 25.7. The normalized spacial score (nSPS) is 11.6. The number of alkyl halides is 2. The summed E-state index contributed by atoms with van der Waals surface area (Å²) in [7, 11) is 2.45. The van der Waals surface area contributed by atoms with E-state index < -0.39 is 97.1 Å². The van der Waals surface area contributed by atoms with Gasteiger partial charge in [0.15, 0.2) is 50.5 Å². The van der Waals surface area contributed by atoms with Crippen LogP contribution in [0.5, 0.6) is 0 Å². The molecule has 0 aliphatic heterocycles. The van der Waals surface area contributed by atoms with Gasteiger partial charge in [-0.15, -0.1) is 102 Å². The number of carbonyl (C=O) groups excluding carboxylic acids is 14. The number of nitrogens with one attached hydrogen (secondary N) is 6. The van der Waals surface area contributed by atoms with Gasteiger partial charge in [0.05, 0.1) is 96.5 Å². The van der Waals surface area contributed by atoms with Crippen molar-refractivity contribution in [1.29, 1.82) is 5.26 Å². The molecule has 0 unspecified atom stereocenters. The number of fused-ring (bicyclic) bond motifs is 5. The Kier molecular flexibility index (Phi) is 33.0. The predicted octanol–water partition coefficient (Wildman–Crippen LogP) is 16.8. The van der Waals surface area contributed by atoms with Gasteiger partial charge in [-0.3, -0.25) is 63.2 Å². The number of esters is 5. The van der Waals surface area contributed by atoms with Gasteiger partial charge >= 0.3 is 35.9 Å². The summed E-state index contributed by atoms with van der Waals surface area (Å²) < 4.78 is 58.9. The van der Waals surface area contributed by atoms with E-state index in [0.717, 1.165) is 91.1 Å². The molecule has 1 fully saturated rings. The highest BCUT2D eigenvalue weighted by atomic mass is 32.1. The van der Waals surface area contributed by atoms with Crippen molar-refractivity contribution in [2.45, 2.75) is 83.8 Å². The molecule has 14 aromatic heterocycles.